The lowest BCUT2D eigenvalue weighted by Gasteiger charge is -2.16. The van der Waals surface area contributed by atoms with E-state index < -0.39 is 33.2 Å². The van der Waals surface area contributed by atoms with Gasteiger partial charge >= 0.3 is 11.9 Å². The second kappa shape index (κ2) is 18.4. The summed E-state index contributed by atoms with van der Waals surface area (Å²) in [5.74, 6) is -2.62. The van der Waals surface area contributed by atoms with Crippen LogP contribution in [0.5, 0.6) is 0 Å². The average molecular weight is 489 g/mol. The van der Waals surface area contributed by atoms with E-state index >= 15 is 0 Å². The van der Waals surface area contributed by atoms with Gasteiger partial charge in [-0.25, -0.2) is 0 Å². The minimum absolute atomic E-state index is 0.185. The molecular formula is C26H48O6S. The molecule has 0 aromatic rings. The second-order valence-corrected chi connectivity index (χ2v) is 11.4. The van der Waals surface area contributed by atoms with Crippen LogP contribution in [0.3, 0.4) is 0 Å². The summed E-state index contributed by atoms with van der Waals surface area (Å²) in [6.07, 6.45) is 23.9. The Balaban J connectivity index is 1.91. The lowest BCUT2D eigenvalue weighted by atomic mass is 9.98. The maximum Gasteiger partial charge on any atom is 0.318 e. The molecule has 0 aliphatic carbocycles. The monoisotopic (exact) mass is 488 g/mol. The van der Waals surface area contributed by atoms with Gasteiger partial charge in [0, 0.05) is 0 Å². The van der Waals surface area contributed by atoms with E-state index in [0.29, 0.717) is 6.42 Å². The van der Waals surface area contributed by atoms with E-state index in [0.717, 1.165) is 19.3 Å². The van der Waals surface area contributed by atoms with Gasteiger partial charge in [-0.3, -0.25) is 14.1 Å². The summed E-state index contributed by atoms with van der Waals surface area (Å²) in [6.45, 7) is 2.26. The van der Waals surface area contributed by atoms with Crippen LogP contribution < -0.4 is 0 Å². The Hall–Kier alpha value is -0.950. The maximum absolute atomic E-state index is 11.7. The van der Waals surface area contributed by atoms with Crippen LogP contribution >= 0.6 is 0 Å². The molecule has 2 unspecified atom stereocenters. The molecule has 6 nitrogen and oxygen atoms in total. The number of esters is 2. The number of rotatable bonds is 22. The van der Waals surface area contributed by atoms with Crippen LogP contribution in [0, 0.1) is 5.92 Å². The van der Waals surface area contributed by atoms with E-state index in [1.807, 2.05) is 0 Å². The van der Waals surface area contributed by atoms with Crippen molar-refractivity contribution >= 4 is 22.1 Å². The first kappa shape index (κ1) is 30.1. The Morgan fingerprint density at radius 1 is 0.727 bits per heavy atom. The van der Waals surface area contributed by atoms with Crippen LogP contribution in [0.4, 0.5) is 0 Å². The van der Waals surface area contributed by atoms with Crippen molar-refractivity contribution in [3.05, 3.63) is 0 Å². The summed E-state index contributed by atoms with van der Waals surface area (Å²) in [7, 11) is -4.38. The zero-order chi connectivity index (χ0) is 24.4. The third kappa shape index (κ3) is 14.8. The van der Waals surface area contributed by atoms with Crippen molar-refractivity contribution in [3.8, 4) is 0 Å². The van der Waals surface area contributed by atoms with E-state index in [4.69, 9.17) is 0 Å². The van der Waals surface area contributed by atoms with Gasteiger partial charge in [-0.1, -0.05) is 129 Å². The van der Waals surface area contributed by atoms with E-state index in [9.17, 15) is 22.6 Å². The van der Waals surface area contributed by atoms with Gasteiger partial charge < -0.3 is 4.74 Å². The molecule has 0 bridgehead atoms. The normalized spacial score (nSPS) is 17.5. The van der Waals surface area contributed by atoms with Gasteiger partial charge in [0.2, 0.25) is 0 Å². The van der Waals surface area contributed by atoms with Crippen molar-refractivity contribution in [2.24, 2.45) is 5.92 Å². The van der Waals surface area contributed by atoms with E-state index in [-0.39, 0.29) is 12.8 Å². The highest BCUT2D eigenvalue weighted by molar-refractivity contribution is 7.86. The smallest absolute Gasteiger partial charge is 0.318 e. The predicted octanol–water partition coefficient (Wildman–Crippen LogP) is 7.15. The number of unbranched alkanes of at least 4 members (excludes halogenated alkanes) is 18. The highest BCUT2D eigenvalue weighted by Crippen LogP contribution is 2.28. The molecule has 1 rings (SSSR count). The molecule has 194 valence electrons. The summed E-state index contributed by atoms with van der Waals surface area (Å²) in [5, 5.41) is -1.23. The first-order chi connectivity index (χ1) is 15.9. The molecule has 0 radical (unpaired) electrons. The molecule has 2 atom stereocenters. The summed E-state index contributed by atoms with van der Waals surface area (Å²) in [6, 6.07) is 0. The van der Waals surface area contributed by atoms with Gasteiger partial charge in [0.25, 0.3) is 10.1 Å². The molecule has 1 aliphatic heterocycles. The number of ether oxygens (including phenoxy) is 1. The molecule has 0 spiro atoms. The Kier molecular flexibility index (Phi) is 16.8. The van der Waals surface area contributed by atoms with Crippen LogP contribution in [0.25, 0.3) is 0 Å². The fraction of sp³-hybridized carbons (Fsp3) is 0.923. The summed E-state index contributed by atoms with van der Waals surface area (Å²) in [4.78, 5) is 22.9. The second-order valence-electron chi connectivity index (χ2n) is 9.81. The molecule has 0 saturated carbocycles. The number of carbonyl (C=O) groups is 2. The van der Waals surface area contributed by atoms with Crippen molar-refractivity contribution in [2.45, 2.75) is 147 Å². The van der Waals surface area contributed by atoms with Gasteiger partial charge in [0.05, 0.1) is 12.3 Å². The van der Waals surface area contributed by atoms with Crippen LogP contribution in [0.15, 0.2) is 0 Å². The van der Waals surface area contributed by atoms with Gasteiger partial charge in [-0.05, 0) is 6.42 Å². The van der Waals surface area contributed by atoms with Gasteiger partial charge in [-0.15, -0.1) is 0 Å². The minimum atomic E-state index is -4.38. The fourth-order valence-corrected chi connectivity index (χ4v) is 5.84. The van der Waals surface area contributed by atoms with Gasteiger partial charge in [0.15, 0.2) is 0 Å². The molecule has 1 aliphatic rings. The molecule has 1 N–H and O–H groups in total. The predicted molar refractivity (Wildman–Crippen MR) is 133 cm³/mol. The molecule has 0 aromatic carbocycles. The lowest BCUT2D eigenvalue weighted by molar-refractivity contribution is -0.153. The van der Waals surface area contributed by atoms with Crippen molar-refractivity contribution in [1.82, 2.24) is 0 Å². The zero-order valence-electron chi connectivity index (χ0n) is 20.9. The first-order valence-corrected chi connectivity index (χ1v) is 15.1. The maximum atomic E-state index is 11.7. The minimum Gasteiger partial charge on any atom is -0.393 e. The fourth-order valence-electron chi connectivity index (χ4n) is 4.76. The number of hydrogen-bond acceptors (Lipinski definition) is 5. The van der Waals surface area contributed by atoms with E-state index in [2.05, 4.69) is 11.7 Å². The van der Waals surface area contributed by atoms with Crippen molar-refractivity contribution in [1.29, 1.82) is 0 Å². The third-order valence-electron chi connectivity index (χ3n) is 6.83. The molecular weight excluding hydrogens is 440 g/mol. The SMILES string of the molecule is CCCCCCCCCCCCCCCCCCCCCC(C1CC(=O)OC1=O)S(=O)(=O)O. The van der Waals surface area contributed by atoms with Crippen molar-refractivity contribution in [3.63, 3.8) is 0 Å². The Bertz CT molecular complexity index is 631. The van der Waals surface area contributed by atoms with Crippen molar-refractivity contribution < 1.29 is 27.3 Å². The molecule has 1 saturated heterocycles. The van der Waals surface area contributed by atoms with Crippen LogP contribution in [0.2, 0.25) is 0 Å². The molecule has 0 amide bonds. The number of carbonyl (C=O) groups excluding carboxylic acids is 2. The standard InChI is InChI=1S/C26H48O6S/c1-2-3-4-5-6-7-8-9-10-11-12-13-14-15-16-17-18-19-20-21-24(33(29,30)31)23-22-25(27)32-26(23)28/h23-24H,2-22H2,1H3,(H,29,30,31). The molecule has 1 fully saturated rings. The summed E-state index contributed by atoms with van der Waals surface area (Å²) < 4.78 is 37.1. The highest BCUT2D eigenvalue weighted by atomic mass is 32.2. The Labute approximate surface area is 202 Å². The van der Waals surface area contributed by atoms with Crippen molar-refractivity contribution in [2.75, 3.05) is 0 Å². The lowest BCUT2D eigenvalue weighted by Crippen LogP contribution is -2.32. The Morgan fingerprint density at radius 2 is 1.09 bits per heavy atom. The number of hydrogen-bond donors (Lipinski definition) is 1. The third-order valence-corrected chi connectivity index (χ3v) is 8.16. The van der Waals surface area contributed by atoms with Gasteiger partial charge in [-0.2, -0.15) is 8.42 Å². The molecule has 0 aromatic heterocycles. The van der Waals surface area contributed by atoms with E-state index in [1.165, 1.54) is 96.3 Å². The number of cyclic esters (lactones) is 2. The zero-order valence-corrected chi connectivity index (χ0v) is 21.7. The van der Waals surface area contributed by atoms with Crippen LogP contribution in [-0.4, -0.2) is 30.2 Å². The topological polar surface area (TPSA) is 97.7 Å². The highest BCUT2D eigenvalue weighted by Gasteiger charge is 2.44. The quantitative estimate of drug-likeness (QED) is 0.0751. The van der Waals surface area contributed by atoms with Gasteiger partial charge in [0.1, 0.15) is 5.25 Å². The molecule has 33 heavy (non-hydrogen) atoms. The molecule has 7 heteroatoms. The summed E-state index contributed by atoms with van der Waals surface area (Å²) >= 11 is 0. The average Bonchev–Trinajstić information content (AvgIpc) is 3.08. The van der Waals surface area contributed by atoms with E-state index in [1.54, 1.807) is 0 Å². The van der Waals surface area contributed by atoms with Crippen LogP contribution in [0.1, 0.15) is 142 Å². The first-order valence-electron chi connectivity index (χ1n) is 13.6. The Morgan fingerprint density at radius 3 is 1.39 bits per heavy atom. The molecule has 1 heterocycles. The summed E-state index contributed by atoms with van der Waals surface area (Å²) in [5.41, 5.74) is 0. The largest absolute Gasteiger partial charge is 0.393 e. The van der Waals surface area contributed by atoms with Crippen LogP contribution in [-0.2, 0) is 24.4 Å².